The number of hydrogen-bond donors (Lipinski definition) is 1. The summed E-state index contributed by atoms with van der Waals surface area (Å²) in [5.74, 6) is 1.73. The molecule has 1 heterocycles. The van der Waals surface area contributed by atoms with E-state index < -0.39 is 0 Å². The molecule has 3 nitrogen and oxygen atoms in total. The summed E-state index contributed by atoms with van der Waals surface area (Å²) in [6.07, 6.45) is 1.81. The standard InChI is InChI=1S/C15H18BrN3/c1-3-14-18-13(16)10-15(19-14)17-11(2)9-12-7-5-4-6-8-12/h4-8,10-11H,3,9H2,1-2H3,(H,17,18,19). The molecule has 0 aliphatic rings. The summed E-state index contributed by atoms with van der Waals surface area (Å²) in [6.45, 7) is 4.22. The zero-order valence-corrected chi connectivity index (χ0v) is 12.8. The number of aromatic nitrogens is 2. The Morgan fingerprint density at radius 1 is 1.21 bits per heavy atom. The fourth-order valence-corrected chi connectivity index (χ4v) is 2.39. The zero-order chi connectivity index (χ0) is 13.7. The van der Waals surface area contributed by atoms with Crippen molar-refractivity contribution in [2.75, 3.05) is 5.32 Å². The van der Waals surface area contributed by atoms with Crippen LogP contribution in [0.25, 0.3) is 0 Å². The molecule has 0 fully saturated rings. The number of nitrogens with one attached hydrogen (secondary N) is 1. The van der Waals surface area contributed by atoms with Crippen molar-refractivity contribution in [2.45, 2.75) is 32.7 Å². The van der Waals surface area contributed by atoms with Gasteiger partial charge in [-0.3, -0.25) is 0 Å². The van der Waals surface area contributed by atoms with E-state index in [-0.39, 0.29) is 0 Å². The van der Waals surface area contributed by atoms with Gasteiger partial charge in [0.15, 0.2) is 0 Å². The van der Waals surface area contributed by atoms with Gasteiger partial charge in [-0.2, -0.15) is 0 Å². The van der Waals surface area contributed by atoms with Crippen molar-refractivity contribution in [3.8, 4) is 0 Å². The fraction of sp³-hybridized carbons (Fsp3) is 0.333. The number of nitrogens with zero attached hydrogens (tertiary/aromatic N) is 2. The summed E-state index contributed by atoms with van der Waals surface area (Å²) in [6, 6.07) is 12.7. The van der Waals surface area contributed by atoms with Gasteiger partial charge in [0.1, 0.15) is 16.2 Å². The minimum absolute atomic E-state index is 0.328. The maximum Gasteiger partial charge on any atom is 0.131 e. The number of halogens is 1. The van der Waals surface area contributed by atoms with Gasteiger partial charge in [0.05, 0.1) is 0 Å². The lowest BCUT2D eigenvalue weighted by Gasteiger charge is -2.15. The minimum Gasteiger partial charge on any atom is -0.367 e. The van der Waals surface area contributed by atoms with Crippen LogP contribution in [-0.4, -0.2) is 16.0 Å². The van der Waals surface area contributed by atoms with E-state index in [2.05, 4.69) is 69.3 Å². The predicted molar refractivity (Wildman–Crippen MR) is 82.3 cm³/mol. The van der Waals surface area contributed by atoms with Crippen LogP contribution in [0.4, 0.5) is 5.82 Å². The molecule has 100 valence electrons. The maximum absolute atomic E-state index is 4.48. The van der Waals surface area contributed by atoms with Gasteiger partial charge in [0.2, 0.25) is 0 Å². The summed E-state index contributed by atoms with van der Waals surface area (Å²) in [5, 5.41) is 3.42. The van der Waals surface area contributed by atoms with Crippen molar-refractivity contribution in [3.05, 3.63) is 52.4 Å². The molecule has 19 heavy (non-hydrogen) atoms. The van der Waals surface area contributed by atoms with Gasteiger partial charge in [0, 0.05) is 18.5 Å². The molecule has 2 rings (SSSR count). The summed E-state index contributed by atoms with van der Waals surface area (Å²) in [5.41, 5.74) is 1.33. The molecule has 1 atom stereocenters. The van der Waals surface area contributed by atoms with Crippen LogP contribution in [0.1, 0.15) is 25.2 Å². The van der Waals surface area contributed by atoms with E-state index in [1.807, 2.05) is 12.1 Å². The normalized spacial score (nSPS) is 12.2. The van der Waals surface area contributed by atoms with Gasteiger partial charge in [0.25, 0.3) is 0 Å². The lowest BCUT2D eigenvalue weighted by atomic mass is 10.1. The first-order valence-corrected chi connectivity index (χ1v) is 7.30. The highest BCUT2D eigenvalue weighted by molar-refractivity contribution is 9.10. The molecule has 0 spiro atoms. The van der Waals surface area contributed by atoms with Crippen LogP contribution < -0.4 is 5.32 Å². The molecule has 0 aliphatic carbocycles. The Bertz CT molecular complexity index is 528. The molecular formula is C15H18BrN3. The second-order valence-corrected chi connectivity index (χ2v) is 5.39. The Hall–Kier alpha value is -1.42. The summed E-state index contributed by atoms with van der Waals surface area (Å²) in [7, 11) is 0. The lowest BCUT2D eigenvalue weighted by molar-refractivity contribution is 0.778. The molecule has 0 saturated heterocycles. The third-order valence-electron chi connectivity index (χ3n) is 2.84. The van der Waals surface area contributed by atoms with Gasteiger partial charge in [-0.05, 0) is 34.8 Å². The fourth-order valence-electron chi connectivity index (χ4n) is 1.97. The average Bonchev–Trinajstić information content (AvgIpc) is 2.38. The molecule has 0 aliphatic heterocycles. The molecule has 1 aromatic carbocycles. The third kappa shape index (κ3) is 4.31. The van der Waals surface area contributed by atoms with Crippen molar-refractivity contribution in [1.29, 1.82) is 0 Å². The number of hydrogen-bond acceptors (Lipinski definition) is 3. The molecule has 1 aromatic heterocycles. The van der Waals surface area contributed by atoms with Crippen LogP contribution in [0, 0.1) is 0 Å². The number of anilines is 1. The monoisotopic (exact) mass is 319 g/mol. The topological polar surface area (TPSA) is 37.8 Å². The van der Waals surface area contributed by atoms with Crippen LogP contribution in [0.5, 0.6) is 0 Å². The summed E-state index contributed by atoms with van der Waals surface area (Å²) >= 11 is 3.42. The molecule has 4 heteroatoms. The van der Waals surface area contributed by atoms with Crippen LogP contribution >= 0.6 is 15.9 Å². The summed E-state index contributed by atoms with van der Waals surface area (Å²) in [4.78, 5) is 8.79. The molecule has 0 saturated carbocycles. The van der Waals surface area contributed by atoms with Crippen LogP contribution in [-0.2, 0) is 12.8 Å². The maximum atomic E-state index is 4.48. The molecule has 0 amide bonds. The molecule has 2 aromatic rings. The average molecular weight is 320 g/mol. The zero-order valence-electron chi connectivity index (χ0n) is 11.2. The Morgan fingerprint density at radius 2 is 1.95 bits per heavy atom. The second-order valence-electron chi connectivity index (χ2n) is 4.58. The van der Waals surface area contributed by atoms with E-state index in [4.69, 9.17) is 0 Å². The van der Waals surface area contributed by atoms with Crippen molar-refractivity contribution in [3.63, 3.8) is 0 Å². The first-order valence-electron chi connectivity index (χ1n) is 6.51. The van der Waals surface area contributed by atoms with Crippen molar-refractivity contribution in [1.82, 2.24) is 9.97 Å². The Kier molecular flexibility index (Phi) is 4.91. The number of rotatable bonds is 5. The quantitative estimate of drug-likeness (QED) is 0.851. The predicted octanol–water partition coefficient (Wildman–Crippen LogP) is 3.84. The van der Waals surface area contributed by atoms with Crippen LogP contribution in [0.2, 0.25) is 0 Å². The van der Waals surface area contributed by atoms with E-state index in [1.54, 1.807) is 0 Å². The van der Waals surface area contributed by atoms with E-state index in [0.717, 1.165) is 29.1 Å². The van der Waals surface area contributed by atoms with Gasteiger partial charge >= 0.3 is 0 Å². The van der Waals surface area contributed by atoms with Gasteiger partial charge in [-0.1, -0.05) is 37.3 Å². The van der Waals surface area contributed by atoms with Crippen molar-refractivity contribution in [2.24, 2.45) is 0 Å². The largest absolute Gasteiger partial charge is 0.367 e. The van der Waals surface area contributed by atoms with Gasteiger partial charge in [-0.15, -0.1) is 0 Å². The van der Waals surface area contributed by atoms with E-state index in [9.17, 15) is 0 Å². The SMILES string of the molecule is CCc1nc(Br)cc(NC(C)Cc2ccccc2)n1. The number of benzene rings is 1. The first kappa shape index (κ1) is 14.0. The highest BCUT2D eigenvalue weighted by Gasteiger charge is 2.06. The molecule has 0 bridgehead atoms. The first-order chi connectivity index (χ1) is 9.17. The highest BCUT2D eigenvalue weighted by Crippen LogP contribution is 2.14. The molecule has 1 unspecified atom stereocenters. The van der Waals surface area contributed by atoms with E-state index >= 15 is 0 Å². The lowest BCUT2D eigenvalue weighted by Crippen LogP contribution is -2.19. The van der Waals surface area contributed by atoms with Crippen molar-refractivity contribution < 1.29 is 0 Å². The molecule has 0 radical (unpaired) electrons. The Morgan fingerprint density at radius 3 is 2.63 bits per heavy atom. The van der Waals surface area contributed by atoms with Gasteiger partial charge < -0.3 is 5.32 Å². The number of aryl methyl sites for hydroxylation is 1. The van der Waals surface area contributed by atoms with Crippen LogP contribution in [0.3, 0.4) is 0 Å². The van der Waals surface area contributed by atoms with Gasteiger partial charge in [-0.25, -0.2) is 9.97 Å². The molecular weight excluding hydrogens is 302 g/mol. The minimum atomic E-state index is 0.328. The Balaban J connectivity index is 2.02. The third-order valence-corrected chi connectivity index (χ3v) is 3.24. The van der Waals surface area contributed by atoms with Crippen molar-refractivity contribution >= 4 is 21.7 Å². The second kappa shape index (κ2) is 6.66. The highest BCUT2D eigenvalue weighted by atomic mass is 79.9. The van der Waals surface area contributed by atoms with Crippen LogP contribution in [0.15, 0.2) is 41.0 Å². The Labute approximate surface area is 122 Å². The molecule has 1 N–H and O–H groups in total. The van der Waals surface area contributed by atoms with E-state index in [1.165, 1.54) is 5.56 Å². The smallest absolute Gasteiger partial charge is 0.131 e. The summed E-state index contributed by atoms with van der Waals surface area (Å²) < 4.78 is 0.828. The van der Waals surface area contributed by atoms with E-state index in [0.29, 0.717) is 6.04 Å².